The van der Waals surface area contributed by atoms with Gasteiger partial charge in [-0.05, 0) is 25.9 Å². The van der Waals surface area contributed by atoms with Gasteiger partial charge < -0.3 is 5.73 Å². The molecule has 0 aliphatic carbocycles. The fourth-order valence-corrected chi connectivity index (χ4v) is 2.74. The van der Waals surface area contributed by atoms with Crippen LogP contribution in [0.1, 0.15) is 52.9 Å². The number of nitrogens with zero attached hydrogens (tertiary/aromatic N) is 1. The predicted octanol–water partition coefficient (Wildman–Crippen LogP) is 2.64. The smallest absolute Gasteiger partial charge is 0.235 e. The van der Waals surface area contributed by atoms with Crippen molar-refractivity contribution >= 4 is 5.91 Å². The number of rotatable bonds is 9. The molecule has 3 nitrogen and oxygen atoms in total. The van der Waals surface area contributed by atoms with E-state index in [1.54, 1.807) is 0 Å². The zero-order valence-electron chi connectivity index (χ0n) is 12.2. The van der Waals surface area contributed by atoms with Crippen molar-refractivity contribution in [2.75, 3.05) is 14.1 Å². The lowest BCUT2D eigenvalue weighted by molar-refractivity contribution is -0.124. The number of nitrogens with two attached hydrogens (primary N) is 1. The van der Waals surface area contributed by atoms with Gasteiger partial charge in [0.15, 0.2) is 0 Å². The first kappa shape index (κ1) is 16.4. The van der Waals surface area contributed by atoms with Gasteiger partial charge in [-0.15, -0.1) is 0 Å². The molecule has 0 aromatic heterocycles. The van der Waals surface area contributed by atoms with Crippen LogP contribution < -0.4 is 5.73 Å². The van der Waals surface area contributed by atoms with Gasteiger partial charge in [-0.2, -0.15) is 0 Å². The predicted molar refractivity (Wildman–Crippen MR) is 73.8 cm³/mol. The van der Waals surface area contributed by atoms with Crippen LogP contribution in [0.2, 0.25) is 0 Å². The number of unbranched alkanes of at least 4 members (excludes halogenated alkanes) is 2. The highest BCUT2D eigenvalue weighted by atomic mass is 16.1. The van der Waals surface area contributed by atoms with Crippen LogP contribution in [0.5, 0.6) is 0 Å². The molecular formula is C14H30N2O. The Labute approximate surface area is 107 Å². The average molecular weight is 242 g/mol. The van der Waals surface area contributed by atoms with Crippen LogP contribution in [-0.4, -0.2) is 30.9 Å². The number of primary amides is 1. The van der Waals surface area contributed by atoms with Crippen LogP contribution in [-0.2, 0) is 4.79 Å². The Balaban J connectivity index is 4.47. The second-order valence-corrected chi connectivity index (χ2v) is 5.33. The van der Waals surface area contributed by atoms with E-state index >= 15 is 0 Å². The minimum Gasteiger partial charge on any atom is -0.368 e. The molecular weight excluding hydrogens is 212 g/mol. The molecule has 0 aromatic rings. The summed E-state index contributed by atoms with van der Waals surface area (Å²) >= 11 is 0. The molecule has 0 aliphatic rings. The summed E-state index contributed by atoms with van der Waals surface area (Å²) in [6.45, 7) is 6.59. The molecule has 0 aromatic carbocycles. The first-order valence-electron chi connectivity index (χ1n) is 6.91. The van der Waals surface area contributed by atoms with Gasteiger partial charge in [0.1, 0.15) is 0 Å². The average Bonchev–Trinajstić information content (AvgIpc) is 2.23. The molecule has 2 N–H and O–H groups in total. The lowest BCUT2D eigenvalue weighted by atomic mass is 9.81. The Hall–Kier alpha value is -0.570. The highest BCUT2D eigenvalue weighted by Crippen LogP contribution is 2.26. The third-order valence-corrected chi connectivity index (χ3v) is 3.79. The molecule has 0 heterocycles. The summed E-state index contributed by atoms with van der Waals surface area (Å²) in [4.78, 5) is 13.5. The van der Waals surface area contributed by atoms with Crippen LogP contribution in [0, 0.1) is 11.8 Å². The first-order valence-corrected chi connectivity index (χ1v) is 6.91. The molecule has 1 amide bonds. The Morgan fingerprint density at radius 1 is 1.24 bits per heavy atom. The van der Waals surface area contributed by atoms with Gasteiger partial charge in [0.2, 0.25) is 5.91 Å². The topological polar surface area (TPSA) is 46.3 Å². The van der Waals surface area contributed by atoms with Gasteiger partial charge in [-0.3, -0.25) is 9.69 Å². The number of likely N-dealkylation sites (N-methyl/N-ethyl adjacent to an activating group) is 1. The van der Waals surface area contributed by atoms with E-state index in [1.165, 1.54) is 25.7 Å². The van der Waals surface area contributed by atoms with Crippen molar-refractivity contribution in [2.24, 2.45) is 17.6 Å². The lowest BCUT2D eigenvalue weighted by Crippen LogP contribution is -2.47. The van der Waals surface area contributed by atoms with Crippen LogP contribution in [0.4, 0.5) is 0 Å². The van der Waals surface area contributed by atoms with Crippen LogP contribution in [0.15, 0.2) is 0 Å². The van der Waals surface area contributed by atoms with Crippen molar-refractivity contribution < 1.29 is 4.79 Å². The molecule has 0 saturated heterocycles. The third-order valence-electron chi connectivity index (χ3n) is 3.79. The molecule has 3 atom stereocenters. The van der Waals surface area contributed by atoms with E-state index in [4.69, 9.17) is 5.73 Å². The summed E-state index contributed by atoms with van der Waals surface area (Å²) in [6.07, 6.45) is 6.13. The fraction of sp³-hybridized carbons (Fsp3) is 0.929. The SMILES string of the molecule is CCCCCC(CC)C(C)[C@@H](C(N)=O)N(C)C. The number of hydrogen-bond donors (Lipinski definition) is 1. The molecule has 0 saturated carbocycles. The quantitative estimate of drug-likeness (QED) is 0.632. The largest absolute Gasteiger partial charge is 0.368 e. The standard InChI is InChI=1S/C14H30N2O/c1-6-8-9-10-12(7-2)11(3)13(14(15)17)16(4)5/h11-13H,6-10H2,1-5H3,(H2,15,17)/t11?,12?,13-/m0/s1. The van der Waals surface area contributed by atoms with Crippen molar-refractivity contribution in [3.63, 3.8) is 0 Å². The summed E-state index contributed by atoms with van der Waals surface area (Å²) in [5.41, 5.74) is 5.51. The van der Waals surface area contributed by atoms with Crippen molar-refractivity contribution in [1.82, 2.24) is 4.90 Å². The maximum Gasteiger partial charge on any atom is 0.235 e. The van der Waals surface area contributed by atoms with E-state index in [2.05, 4.69) is 20.8 Å². The molecule has 0 bridgehead atoms. The van der Waals surface area contributed by atoms with Crippen molar-refractivity contribution in [2.45, 2.75) is 58.9 Å². The second-order valence-electron chi connectivity index (χ2n) is 5.33. The number of carbonyl (C=O) groups excluding carboxylic acids is 1. The number of hydrogen-bond acceptors (Lipinski definition) is 2. The lowest BCUT2D eigenvalue weighted by Gasteiger charge is -2.32. The van der Waals surface area contributed by atoms with Gasteiger partial charge in [0.05, 0.1) is 6.04 Å². The minimum absolute atomic E-state index is 0.137. The molecule has 0 rings (SSSR count). The summed E-state index contributed by atoms with van der Waals surface area (Å²) in [5, 5.41) is 0. The Bertz CT molecular complexity index is 216. The Morgan fingerprint density at radius 2 is 1.82 bits per heavy atom. The monoisotopic (exact) mass is 242 g/mol. The first-order chi connectivity index (χ1) is 7.95. The van der Waals surface area contributed by atoms with Crippen LogP contribution in [0.25, 0.3) is 0 Å². The molecule has 0 fully saturated rings. The van der Waals surface area contributed by atoms with Gasteiger partial charge in [-0.25, -0.2) is 0 Å². The van der Waals surface area contributed by atoms with Crippen LogP contribution in [0.3, 0.4) is 0 Å². The zero-order valence-corrected chi connectivity index (χ0v) is 12.2. The normalized spacial score (nSPS) is 16.8. The van der Waals surface area contributed by atoms with E-state index in [9.17, 15) is 4.79 Å². The molecule has 0 spiro atoms. The summed E-state index contributed by atoms with van der Waals surface area (Å²) in [6, 6.07) is -0.137. The summed E-state index contributed by atoms with van der Waals surface area (Å²) < 4.78 is 0. The second kappa shape index (κ2) is 8.51. The van der Waals surface area contributed by atoms with E-state index in [0.29, 0.717) is 11.8 Å². The molecule has 102 valence electrons. The van der Waals surface area contributed by atoms with Crippen molar-refractivity contribution in [1.29, 1.82) is 0 Å². The Kier molecular flexibility index (Phi) is 8.23. The van der Waals surface area contributed by atoms with Gasteiger partial charge >= 0.3 is 0 Å². The van der Waals surface area contributed by atoms with Crippen LogP contribution >= 0.6 is 0 Å². The number of amides is 1. The van der Waals surface area contributed by atoms with E-state index in [1.807, 2.05) is 19.0 Å². The van der Waals surface area contributed by atoms with E-state index < -0.39 is 0 Å². The van der Waals surface area contributed by atoms with Crippen molar-refractivity contribution in [3.8, 4) is 0 Å². The fourth-order valence-electron chi connectivity index (χ4n) is 2.74. The van der Waals surface area contributed by atoms with Gasteiger partial charge in [0.25, 0.3) is 0 Å². The summed E-state index contributed by atoms with van der Waals surface area (Å²) in [5.74, 6) is 0.738. The van der Waals surface area contributed by atoms with E-state index in [0.717, 1.165) is 6.42 Å². The highest BCUT2D eigenvalue weighted by Gasteiger charge is 2.29. The Morgan fingerprint density at radius 3 is 2.18 bits per heavy atom. The van der Waals surface area contributed by atoms with E-state index in [-0.39, 0.29) is 11.9 Å². The van der Waals surface area contributed by atoms with Gasteiger partial charge in [-0.1, -0.05) is 52.9 Å². The molecule has 17 heavy (non-hydrogen) atoms. The molecule has 0 aliphatic heterocycles. The summed E-state index contributed by atoms with van der Waals surface area (Å²) in [7, 11) is 3.87. The molecule has 0 radical (unpaired) electrons. The minimum atomic E-state index is -0.198. The van der Waals surface area contributed by atoms with Gasteiger partial charge in [0, 0.05) is 0 Å². The zero-order chi connectivity index (χ0) is 13.4. The third kappa shape index (κ3) is 5.53. The number of carbonyl (C=O) groups is 1. The van der Waals surface area contributed by atoms with Crippen molar-refractivity contribution in [3.05, 3.63) is 0 Å². The maximum absolute atomic E-state index is 11.5. The highest BCUT2D eigenvalue weighted by molar-refractivity contribution is 5.80. The maximum atomic E-state index is 11.5. The molecule has 2 unspecified atom stereocenters. The molecule has 3 heteroatoms.